The quantitative estimate of drug-likeness (QED) is 0.779. The van der Waals surface area contributed by atoms with E-state index in [1.54, 1.807) is 12.0 Å². The largest absolute Gasteiger partial charge is 0.497 e. The Hall–Kier alpha value is -2.37. The Balaban J connectivity index is 1.53. The highest BCUT2D eigenvalue weighted by atomic mass is 16.5. The van der Waals surface area contributed by atoms with E-state index in [1.165, 1.54) is 4.90 Å². The van der Waals surface area contributed by atoms with Gasteiger partial charge in [-0.2, -0.15) is 0 Å². The summed E-state index contributed by atoms with van der Waals surface area (Å²) in [6.45, 7) is 0.470. The number of carbonyl (C=O) groups excluding carboxylic acids is 3. The summed E-state index contributed by atoms with van der Waals surface area (Å²) in [4.78, 5) is 41.1. The molecule has 6 nitrogen and oxygen atoms in total. The first-order chi connectivity index (χ1) is 12.6. The summed E-state index contributed by atoms with van der Waals surface area (Å²) in [5.74, 6) is -0.132. The summed E-state index contributed by atoms with van der Waals surface area (Å²) in [7, 11) is 1.62. The van der Waals surface area contributed by atoms with Crippen LogP contribution in [0, 0.1) is 11.8 Å². The van der Waals surface area contributed by atoms with E-state index in [9.17, 15) is 14.4 Å². The Labute approximate surface area is 153 Å². The van der Waals surface area contributed by atoms with E-state index in [1.807, 2.05) is 18.2 Å². The van der Waals surface area contributed by atoms with E-state index >= 15 is 0 Å². The maximum absolute atomic E-state index is 12.9. The predicted octanol–water partition coefficient (Wildman–Crippen LogP) is 2.15. The normalized spacial score (nSPS) is 25.1. The molecule has 3 aliphatic rings. The Morgan fingerprint density at radius 2 is 1.81 bits per heavy atom. The molecule has 2 aliphatic heterocycles. The molecule has 6 heteroatoms. The molecule has 0 spiro atoms. The number of hydrogen-bond donors (Lipinski definition) is 0. The second kappa shape index (κ2) is 6.74. The zero-order valence-electron chi connectivity index (χ0n) is 15.1. The van der Waals surface area contributed by atoms with Crippen molar-refractivity contribution in [3.63, 3.8) is 0 Å². The molecule has 1 aromatic carbocycles. The number of nitrogens with zero attached hydrogens (tertiary/aromatic N) is 2. The minimum Gasteiger partial charge on any atom is -0.497 e. The van der Waals surface area contributed by atoms with Crippen molar-refractivity contribution in [1.82, 2.24) is 4.90 Å². The summed E-state index contributed by atoms with van der Waals surface area (Å²) < 4.78 is 5.26. The molecule has 1 saturated carbocycles. The van der Waals surface area contributed by atoms with Crippen LogP contribution in [-0.2, 0) is 20.8 Å². The molecule has 138 valence electrons. The SMILES string of the molecule is COc1ccc2c(c1)CCCN2C(=O)CN1C(=O)[C@H]2CCCC[C@@H]2C1=O. The van der Waals surface area contributed by atoms with Crippen LogP contribution in [0.15, 0.2) is 18.2 Å². The number of rotatable bonds is 3. The predicted molar refractivity (Wildman–Crippen MR) is 95.8 cm³/mol. The van der Waals surface area contributed by atoms with Crippen LogP contribution < -0.4 is 9.64 Å². The Kier molecular flexibility index (Phi) is 4.42. The summed E-state index contributed by atoms with van der Waals surface area (Å²) in [6, 6.07) is 5.68. The number of imide groups is 1. The minimum atomic E-state index is -0.207. The van der Waals surface area contributed by atoms with Gasteiger partial charge in [0.15, 0.2) is 0 Å². The topological polar surface area (TPSA) is 66.9 Å². The maximum Gasteiger partial charge on any atom is 0.247 e. The van der Waals surface area contributed by atoms with Crippen molar-refractivity contribution < 1.29 is 19.1 Å². The fourth-order valence-corrected chi connectivity index (χ4v) is 4.57. The molecular weight excluding hydrogens is 332 g/mol. The first kappa shape index (κ1) is 17.1. The first-order valence-electron chi connectivity index (χ1n) is 9.42. The van der Waals surface area contributed by atoms with Gasteiger partial charge in [0.1, 0.15) is 12.3 Å². The van der Waals surface area contributed by atoms with Crippen molar-refractivity contribution in [1.29, 1.82) is 0 Å². The monoisotopic (exact) mass is 356 g/mol. The molecule has 2 fully saturated rings. The molecule has 2 atom stereocenters. The zero-order valence-corrected chi connectivity index (χ0v) is 15.1. The highest BCUT2D eigenvalue weighted by Crippen LogP contribution is 2.38. The van der Waals surface area contributed by atoms with Crippen LogP contribution in [0.25, 0.3) is 0 Å². The van der Waals surface area contributed by atoms with Crippen LogP contribution in [0.5, 0.6) is 5.75 Å². The lowest BCUT2D eigenvalue weighted by atomic mass is 9.81. The minimum absolute atomic E-state index is 0.143. The van der Waals surface area contributed by atoms with Gasteiger partial charge in [-0.05, 0) is 49.4 Å². The third-order valence-corrected chi connectivity index (χ3v) is 5.93. The van der Waals surface area contributed by atoms with Crippen LogP contribution in [0.3, 0.4) is 0 Å². The van der Waals surface area contributed by atoms with E-state index in [-0.39, 0.29) is 36.1 Å². The van der Waals surface area contributed by atoms with E-state index < -0.39 is 0 Å². The van der Waals surface area contributed by atoms with Gasteiger partial charge in [0.05, 0.1) is 18.9 Å². The third kappa shape index (κ3) is 2.77. The van der Waals surface area contributed by atoms with Crippen molar-refractivity contribution in [2.24, 2.45) is 11.8 Å². The number of hydrogen-bond acceptors (Lipinski definition) is 4. The molecule has 1 aliphatic carbocycles. The van der Waals surface area contributed by atoms with Crippen molar-refractivity contribution >= 4 is 23.4 Å². The van der Waals surface area contributed by atoms with Crippen molar-refractivity contribution in [3.05, 3.63) is 23.8 Å². The van der Waals surface area contributed by atoms with Crippen LogP contribution in [0.4, 0.5) is 5.69 Å². The van der Waals surface area contributed by atoms with Gasteiger partial charge in [0.25, 0.3) is 0 Å². The van der Waals surface area contributed by atoms with E-state index in [2.05, 4.69) is 0 Å². The van der Waals surface area contributed by atoms with E-state index in [0.29, 0.717) is 6.54 Å². The third-order valence-electron chi connectivity index (χ3n) is 5.93. The van der Waals surface area contributed by atoms with Gasteiger partial charge in [0.2, 0.25) is 17.7 Å². The number of carbonyl (C=O) groups is 3. The average Bonchev–Trinajstić information content (AvgIpc) is 2.92. The van der Waals surface area contributed by atoms with E-state index in [4.69, 9.17) is 4.74 Å². The van der Waals surface area contributed by atoms with E-state index in [0.717, 1.165) is 55.5 Å². The Morgan fingerprint density at radius 3 is 2.46 bits per heavy atom. The molecule has 0 N–H and O–H groups in total. The number of aryl methyl sites for hydroxylation is 1. The lowest BCUT2D eigenvalue weighted by molar-refractivity contribution is -0.143. The number of methoxy groups -OCH3 is 1. The molecule has 0 bridgehead atoms. The molecule has 0 aromatic heterocycles. The van der Waals surface area contributed by atoms with Gasteiger partial charge < -0.3 is 9.64 Å². The molecule has 2 heterocycles. The van der Waals surface area contributed by atoms with Gasteiger partial charge in [-0.15, -0.1) is 0 Å². The fraction of sp³-hybridized carbons (Fsp3) is 0.550. The molecular formula is C20H24N2O4. The highest BCUT2D eigenvalue weighted by molar-refractivity contribution is 6.09. The standard InChI is InChI=1S/C20H24N2O4/c1-26-14-8-9-17-13(11-14)5-4-10-21(17)18(23)12-22-19(24)15-6-2-3-7-16(15)20(22)25/h8-9,11,15-16H,2-7,10,12H2,1H3/t15-,16-/m0/s1. The zero-order chi connectivity index (χ0) is 18.3. The van der Waals surface area contributed by atoms with Crippen molar-refractivity contribution in [3.8, 4) is 5.75 Å². The number of benzene rings is 1. The summed E-state index contributed by atoms with van der Waals surface area (Å²) in [5, 5.41) is 0. The summed E-state index contributed by atoms with van der Waals surface area (Å²) >= 11 is 0. The Bertz CT molecular complexity index is 736. The van der Waals surface area contributed by atoms with Crippen LogP contribution >= 0.6 is 0 Å². The average molecular weight is 356 g/mol. The molecule has 0 radical (unpaired) electrons. The second-order valence-electron chi connectivity index (χ2n) is 7.40. The summed E-state index contributed by atoms with van der Waals surface area (Å²) in [6.07, 6.45) is 5.27. The number of ether oxygens (including phenoxy) is 1. The van der Waals surface area contributed by atoms with Gasteiger partial charge in [0, 0.05) is 12.2 Å². The van der Waals surface area contributed by atoms with Gasteiger partial charge in [-0.25, -0.2) is 0 Å². The molecule has 1 aromatic rings. The molecule has 26 heavy (non-hydrogen) atoms. The number of likely N-dealkylation sites (tertiary alicyclic amines) is 1. The van der Waals surface area contributed by atoms with Gasteiger partial charge >= 0.3 is 0 Å². The first-order valence-corrected chi connectivity index (χ1v) is 9.42. The van der Waals surface area contributed by atoms with Crippen molar-refractivity contribution in [2.45, 2.75) is 38.5 Å². The van der Waals surface area contributed by atoms with Crippen LogP contribution in [0.1, 0.15) is 37.7 Å². The second-order valence-corrected chi connectivity index (χ2v) is 7.40. The van der Waals surface area contributed by atoms with Gasteiger partial charge in [-0.1, -0.05) is 12.8 Å². The lowest BCUT2D eigenvalue weighted by Crippen LogP contribution is -2.45. The van der Waals surface area contributed by atoms with Crippen LogP contribution in [-0.4, -0.2) is 42.8 Å². The number of amides is 3. The summed E-state index contributed by atoms with van der Waals surface area (Å²) in [5.41, 5.74) is 1.93. The smallest absolute Gasteiger partial charge is 0.247 e. The highest BCUT2D eigenvalue weighted by Gasteiger charge is 2.48. The molecule has 4 rings (SSSR count). The molecule has 1 saturated heterocycles. The maximum atomic E-state index is 12.9. The number of fused-ring (bicyclic) bond motifs is 2. The fourth-order valence-electron chi connectivity index (χ4n) is 4.57. The lowest BCUT2D eigenvalue weighted by Gasteiger charge is -2.31. The van der Waals surface area contributed by atoms with Crippen LogP contribution in [0.2, 0.25) is 0 Å². The molecule has 3 amide bonds. The van der Waals surface area contributed by atoms with Crippen molar-refractivity contribution in [2.75, 3.05) is 25.1 Å². The number of anilines is 1. The Morgan fingerprint density at radius 1 is 1.12 bits per heavy atom. The van der Waals surface area contributed by atoms with Gasteiger partial charge in [-0.3, -0.25) is 19.3 Å². The molecule has 0 unspecified atom stereocenters.